The van der Waals surface area contributed by atoms with Gasteiger partial charge in [0.25, 0.3) is 5.91 Å². The van der Waals surface area contributed by atoms with Gasteiger partial charge in [0.2, 0.25) is 0 Å². The highest BCUT2D eigenvalue weighted by Crippen LogP contribution is 2.31. The first-order valence-electron chi connectivity index (χ1n) is 8.28. The van der Waals surface area contributed by atoms with Crippen molar-refractivity contribution in [3.05, 3.63) is 58.4 Å². The van der Waals surface area contributed by atoms with Crippen molar-refractivity contribution in [2.45, 2.75) is 18.8 Å². The first kappa shape index (κ1) is 16.3. The van der Waals surface area contributed by atoms with E-state index in [0.29, 0.717) is 17.4 Å². The molecule has 1 aliphatic rings. The number of phenols is 1. The summed E-state index contributed by atoms with van der Waals surface area (Å²) in [4.78, 5) is 20.2. The lowest BCUT2D eigenvalue weighted by Crippen LogP contribution is -2.38. The zero-order valence-electron chi connectivity index (χ0n) is 13.6. The number of thiophene rings is 1. The number of rotatable bonds is 3. The first-order valence-corrected chi connectivity index (χ1v) is 10.0. The van der Waals surface area contributed by atoms with Crippen molar-refractivity contribution in [3.8, 4) is 15.6 Å². The van der Waals surface area contributed by atoms with E-state index in [1.807, 2.05) is 39.9 Å². The minimum Gasteiger partial charge on any atom is -0.508 e. The van der Waals surface area contributed by atoms with E-state index in [-0.39, 0.29) is 5.91 Å². The molecule has 0 atom stereocenters. The van der Waals surface area contributed by atoms with Crippen LogP contribution in [0.3, 0.4) is 0 Å². The van der Waals surface area contributed by atoms with Crippen molar-refractivity contribution >= 4 is 28.6 Å². The second-order valence-electron chi connectivity index (χ2n) is 6.17. The van der Waals surface area contributed by atoms with Crippen LogP contribution >= 0.6 is 22.7 Å². The van der Waals surface area contributed by atoms with E-state index < -0.39 is 0 Å². The van der Waals surface area contributed by atoms with Gasteiger partial charge in [-0.2, -0.15) is 0 Å². The zero-order chi connectivity index (χ0) is 17.2. The second kappa shape index (κ2) is 6.98. The first-order chi connectivity index (χ1) is 12.2. The Labute approximate surface area is 154 Å². The third-order valence-corrected chi connectivity index (χ3v) is 6.48. The highest BCUT2D eigenvalue weighted by molar-refractivity contribution is 7.20. The van der Waals surface area contributed by atoms with E-state index in [1.165, 1.54) is 16.9 Å². The molecule has 25 heavy (non-hydrogen) atoms. The Morgan fingerprint density at radius 2 is 1.88 bits per heavy atom. The fraction of sp³-hybridized carbons (Fsp3) is 0.263. The summed E-state index contributed by atoms with van der Waals surface area (Å²) in [6, 6.07) is 11.4. The lowest BCUT2D eigenvalue weighted by atomic mass is 9.89. The number of hydrogen-bond donors (Lipinski definition) is 1. The van der Waals surface area contributed by atoms with Crippen LogP contribution in [0.25, 0.3) is 9.88 Å². The molecule has 0 saturated carbocycles. The SMILES string of the molecule is O=C(c1csc(-c2cccs2)n1)N1CCC(c2ccc(O)cc2)CC1. The van der Waals surface area contributed by atoms with Crippen LogP contribution in [0.15, 0.2) is 47.2 Å². The average Bonchev–Trinajstić information content (AvgIpc) is 3.33. The molecule has 0 radical (unpaired) electrons. The number of thiazole rings is 1. The molecule has 3 heterocycles. The van der Waals surface area contributed by atoms with Crippen LogP contribution in [0, 0.1) is 0 Å². The lowest BCUT2D eigenvalue weighted by Gasteiger charge is -2.31. The Balaban J connectivity index is 1.40. The normalized spacial score (nSPS) is 15.4. The standard InChI is InChI=1S/C19H18N2O2S2/c22-15-5-3-13(4-6-15)14-7-9-21(10-8-14)19(23)16-12-25-18(20-16)17-2-1-11-24-17/h1-6,11-12,14,22H,7-10H2. The predicted molar refractivity (Wildman–Crippen MR) is 101 cm³/mol. The largest absolute Gasteiger partial charge is 0.508 e. The lowest BCUT2D eigenvalue weighted by molar-refractivity contribution is 0.0708. The van der Waals surface area contributed by atoms with Gasteiger partial charge >= 0.3 is 0 Å². The molecule has 1 aromatic carbocycles. The number of benzene rings is 1. The van der Waals surface area contributed by atoms with Crippen molar-refractivity contribution in [2.24, 2.45) is 0 Å². The van der Waals surface area contributed by atoms with Crippen LogP contribution in [0.5, 0.6) is 5.75 Å². The molecule has 1 saturated heterocycles. The summed E-state index contributed by atoms with van der Waals surface area (Å²) in [6.07, 6.45) is 1.89. The molecule has 1 N–H and O–H groups in total. The molecule has 0 spiro atoms. The Bertz CT molecular complexity index is 848. The van der Waals surface area contributed by atoms with Gasteiger partial charge in [0.15, 0.2) is 0 Å². The summed E-state index contributed by atoms with van der Waals surface area (Å²) >= 11 is 3.17. The van der Waals surface area contributed by atoms with E-state index >= 15 is 0 Å². The van der Waals surface area contributed by atoms with E-state index in [2.05, 4.69) is 4.98 Å². The molecule has 6 heteroatoms. The van der Waals surface area contributed by atoms with E-state index in [1.54, 1.807) is 23.5 Å². The van der Waals surface area contributed by atoms with E-state index in [0.717, 1.165) is 35.8 Å². The molecular weight excluding hydrogens is 352 g/mol. The van der Waals surface area contributed by atoms with E-state index in [9.17, 15) is 9.90 Å². The molecule has 0 bridgehead atoms. The predicted octanol–water partition coefficient (Wildman–Crippen LogP) is 4.60. The zero-order valence-corrected chi connectivity index (χ0v) is 15.2. The number of phenolic OH excluding ortho intramolecular Hbond substituents is 1. The molecule has 0 aliphatic carbocycles. The summed E-state index contributed by atoms with van der Waals surface area (Å²) in [6.45, 7) is 1.49. The maximum Gasteiger partial charge on any atom is 0.273 e. The number of amides is 1. The highest BCUT2D eigenvalue weighted by Gasteiger charge is 2.26. The Morgan fingerprint density at radius 1 is 1.12 bits per heavy atom. The number of nitrogens with zero attached hydrogens (tertiary/aromatic N) is 2. The average molecular weight is 370 g/mol. The quantitative estimate of drug-likeness (QED) is 0.733. The van der Waals surface area contributed by atoms with Crippen LogP contribution in [-0.2, 0) is 0 Å². The van der Waals surface area contributed by atoms with Gasteiger partial charge in [-0.25, -0.2) is 4.98 Å². The van der Waals surface area contributed by atoms with Crippen LogP contribution < -0.4 is 0 Å². The molecule has 3 aromatic rings. The number of carbonyl (C=O) groups is 1. The fourth-order valence-electron chi connectivity index (χ4n) is 3.21. The number of aromatic hydroxyl groups is 1. The Morgan fingerprint density at radius 3 is 2.56 bits per heavy atom. The topological polar surface area (TPSA) is 53.4 Å². The minimum absolute atomic E-state index is 0.0308. The summed E-state index contributed by atoms with van der Waals surface area (Å²) in [5.41, 5.74) is 1.79. The Kier molecular flexibility index (Phi) is 4.55. The monoisotopic (exact) mass is 370 g/mol. The molecule has 2 aromatic heterocycles. The molecule has 0 unspecified atom stereocenters. The van der Waals surface area contributed by atoms with Gasteiger partial charge in [0.1, 0.15) is 16.5 Å². The number of hydrogen-bond acceptors (Lipinski definition) is 5. The molecule has 4 nitrogen and oxygen atoms in total. The summed E-state index contributed by atoms with van der Waals surface area (Å²) < 4.78 is 0. The van der Waals surface area contributed by atoms with Gasteiger partial charge in [0.05, 0.1) is 4.88 Å². The Hall–Kier alpha value is -2.18. The minimum atomic E-state index is 0.0308. The fourth-order valence-corrected chi connectivity index (χ4v) is 4.82. The van der Waals surface area contributed by atoms with E-state index in [4.69, 9.17) is 0 Å². The third kappa shape index (κ3) is 3.45. The van der Waals surface area contributed by atoms with Gasteiger partial charge in [-0.05, 0) is 47.9 Å². The number of piperidine rings is 1. The molecular formula is C19H18N2O2S2. The van der Waals surface area contributed by atoms with Crippen LogP contribution in [0.1, 0.15) is 34.8 Å². The van der Waals surface area contributed by atoms with Crippen molar-refractivity contribution < 1.29 is 9.90 Å². The maximum absolute atomic E-state index is 12.7. The van der Waals surface area contributed by atoms with Gasteiger partial charge in [-0.3, -0.25) is 4.79 Å². The summed E-state index contributed by atoms with van der Waals surface area (Å²) in [5, 5.41) is 14.2. The molecule has 1 amide bonds. The molecule has 1 fully saturated rings. The molecule has 128 valence electrons. The van der Waals surface area contributed by atoms with Gasteiger partial charge in [-0.15, -0.1) is 22.7 Å². The molecule has 4 rings (SSSR count). The maximum atomic E-state index is 12.7. The van der Waals surface area contributed by atoms with Crippen LogP contribution in [-0.4, -0.2) is 34.0 Å². The number of carbonyl (C=O) groups excluding carboxylic acids is 1. The smallest absolute Gasteiger partial charge is 0.273 e. The van der Waals surface area contributed by atoms with Crippen molar-refractivity contribution in [3.63, 3.8) is 0 Å². The summed E-state index contributed by atoms with van der Waals surface area (Å²) in [5.74, 6) is 0.770. The summed E-state index contributed by atoms with van der Waals surface area (Å²) in [7, 11) is 0. The van der Waals surface area contributed by atoms with Crippen molar-refractivity contribution in [1.29, 1.82) is 0 Å². The van der Waals surface area contributed by atoms with Gasteiger partial charge < -0.3 is 10.0 Å². The second-order valence-corrected chi connectivity index (χ2v) is 7.98. The number of aromatic nitrogens is 1. The van der Waals surface area contributed by atoms with Crippen LogP contribution in [0.4, 0.5) is 0 Å². The van der Waals surface area contributed by atoms with Gasteiger partial charge in [0, 0.05) is 18.5 Å². The van der Waals surface area contributed by atoms with Crippen molar-refractivity contribution in [1.82, 2.24) is 9.88 Å². The van der Waals surface area contributed by atoms with Gasteiger partial charge in [-0.1, -0.05) is 18.2 Å². The highest BCUT2D eigenvalue weighted by atomic mass is 32.1. The number of likely N-dealkylation sites (tertiary alicyclic amines) is 1. The third-order valence-electron chi connectivity index (χ3n) is 4.60. The van der Waals surface area contributed by atoms with Crippen LogP contribution in [0.2, 0.25) is 0 Å². The van der Waals surface area contributed by atoms with Crippen molar-refractivity contribution in [2.75, 3.05) is 13.1 Å². The molecule has 1 aliphatic heterocycles.